The number of carbonyl (C=O) groups is 2. The van der Waals surface area contributed by atoms with E-state index in [1.165, 1.54) is 6.92 Å². The highest BCUT2D eigenvalue weighted by Crippen LogP contribution is 2.58. The predicted molar refractivity (Wildman–Crippen MR) is 77.3 cm³/mol. The van der Waals surface area contributed by atoms with Crippen LogP contribution in [0, 0.1) is 23.7 Å². The summed E-state index contributed by atoms with van der Waals surface area (Å²) in [5, 5.41) is 0. The lowest BCUT2D eigenvalue weighted by molar-refractivity contribution is -0.154. The van der Waals surface area contributed by atoms with Crippen LogP contribution in [-0.4, -0.2) is 24.1 Å². The van der Waals surface area contributed by atoms with Crippen molar-refractivity contribution in [3.05, 3.63) is 12.2 Å². The molecule has 116 valence electrons. The van der Waals surface area contributed by atoms with Crippen molar-refractivity contribution in [1.82, 2.24) is 0 Å². The molecule has 0 amide bonds. The van der Waals surface area contributed by atoms with Gasteiger partial charge in [-0.2, -0.15) is 0 Å². The summed E-state index contributed by atoms with van der Waals surface area (Å²) in [7, 11) is 0. The highest BCUT2D eigenvalue weighted by molar-refractivity contribution is 5.87. The lowest BCUT2D eigenvalue weighted by Gasteiger charge is -2.41. The lowest BCUT2D eigenvalue weighted by atomic mass is 9.69. The van der Waals surface area contributed by atoms with Crippen molar-refractivity contribution in [2.24, 2.45) is 23.7 Å². The Bertz CT molecular complexity index is 469. The molecule has 0 saturated heterocycles. The van der Waals surface area contributed by atoms with Crippen molar-refractivity contribution in [1.29, 1.82) is 0 Å². The van der Waals surface area contributed by atoms with Gasteiger partial charge >= 0.3 is 11.9 Å². The fourth-order valence-corrected chi connectivity index (χ4v) is 4.85. The molecule has 6 atom stereocenters. The molecule has 3 aliphatic carbocycles. The van der Waals surface area contributed by atoms with Gasteiger partial charge in [0.25, 0.3) is 0 Å². The Morgan fingerprint density at radius 2 is 1.71 bits per heavy atom. The third-order valence-corrected chi connectivity index (χ3v) is 5.59. The second-order valence-corrected chi connectivity index (χ2v) is 6.99. The van der Waals surface area contributed by atoms with Gasteiger partial charge in [-0.3, -0.25) is 4.79 Å². The van der Waals surface area contributed by atoms with Gasteiger partial charge in [-0.05, 0) is 62.7 Å². The van der Waals surface area contributed by atoms with Gasteiger partial charge in [0.05, 0.1) is 0 Å². The molecule has 2 bridgehead atoms. The van der Waals surface area contributed by atoms with Gasteiger partial charge < -0.3 is 9.47 Å². The summed E-state index contributed by atoms with van der Waals surface area (Å²) in [6.45, 7) is 6.84. The van der Waals surface area contributed by atoms with Gasteiger partial charge in [0.2, 0.25) is 0 Å². The summed E-state index contributed by atoms with van der Waals surface area (Å²) >= 11 is 0. The molecule has 0 N–H and O–H groups in total. The first-order chi connectivity index (χ1) is 9.95. The highest BCUT2D eigenvalue weighted by atomic mass is 16.5. The highest BCUT2D eigenvalue weighted by Gasteiger charge is 2.55. The van der Waals surface area contributed by atoms with Crippen molar-refractivity contribution < 1.29 is 19.1 Å². The zero-order chi connectivity index (χ0) is 15.1. The summed E-state index contributed by atoms with van der Waals surface area (Å²) in [6.07, 6.45) is 5.33. The quantitative estimate of drug-likeness (QED) is 0.593. The smallest absolute Gasteiger partial charge is 0.333 e. The van der Waals surface area contributed by atoms with E-state index < -0.39 is 0 Å². The Morgan fingerprint density at radius 1 is 0.952 bits per heavy atom. The fourth-order valence-electron chi connectivity index (χ4n) is 4.85. The molecular weight excluding hydrogens is 268 g/mol. The summed E-state index contributed by atoms with van der Waals surface area (Å²) in [6, 6.07) is 0. The molecule has 21 heavy (non-hydrogen) atoms. The molecule has 0 heterocycles. The molecule has 6 unspecified atom stereocenters. The van der Waals surface area contributed by atoms with E-state index >= 15 is 0 Å². The van der Waals surface area contributed by atoms with Crippen LogP contribution in [0.3, 0.4) is 0 Å². The monoisotopic (exact) mass is 292 g/mol. The van der Waals surface area contributed by atoms with Gasteiger partial charge in [-0.15, -0.1) is 0 Å². The fraction of sp³-hybridized carbons (Fsp3) is 0.765. The van der Waals surface area contributed by atoms with Crippen LogP contribution in [0.5, 0.6) is 0 Å². The van der Waals surface area contributed by atoms with Crippen molar-refractivity contribution in [3.63, 3.8) is 0 Å². The summed E-state index contributed by atoms with van der Waals surface area (Å²) in [5.41, 5.74) is 0.480. The zero-order valence-electron chi connectivity index (χ0n) is 12.8. The van der Waals surface area contributed by atoms with E-state index in [4.69, 9.17) is 9.47 Å². The molecule has 3 fully saturated rings. The number of ether oxygens (including phenoxy) is 2. The number of hydrogen-bond acceptors (Lipinski definition) is 4. The van der Waals surface area contributed by atoms with E-state index in [1.807, 2.05) is 0 Å². The molecule has 3 rings (SSSR count). The van der Waals surface area contributed by atoms with E-state index in [0.717, 1.165) is 32.1 Å². The second-order valence-electron chi connectivity index (χ2n) is 6.99. The van der Waals surface area contributed by atoms with Gasteiger partial charge in [0.15, 0.2) is 0 Å². The van der Waals surface area contributed by atoms with E-state index in [0.29, 0.717) is 29.2 Å². The molecule has 4 nitrogen and oxygen atoms in total. The van der Waals surface area contributed by atoms with Gasteiger partial charge in [-0.1, -0.05) is 6.58 Å². The number of rotatable bonds is 3. The van der Waals surface area contributed by atoms with Crippen LogP contribution in [0.4, 0.5) is 0 Å². The summed E-state index contributed by atoms with van der Waals surface area (Å²) in [4.78, 5) is 22.8. The molecular formula is C17H24O4. The first-order valence-electron chi connectivity index (χ1n) is 7.99. The molecule has 3 saturated carbocycles. The number of esters is 2. The number of carbonyl (C=O) groups excluding carboxylic acids is 2. The first-order valence-corrected chi connectivity index (χ1v) is 7.99. The molecule has 0 aromatic heterocycles. The van der Waals surface area contributed by atoms with Crippen molar-refractivity contribution in [3.8, 4) is 0 Å². The number of fused-ring (bicyclic) bond motifs is 5. The molecule has 4 heteroatoms. The zero-order valence-corrected chi connectivity index (χ0v) is 12.8. The van der Waals surface area contributed by atoms with Crippen molar-refractivity contribution >= 4 is 11.9 Å². The van der Waals surface area contributed by atoms with Crippen LogP contribution >= 0.6 is 0 Å². The van der Waals surface area contributed by atoms with E-state index in [2.05, 4.69) is 6.58 Å². The first kappa shape index (κ1) is 14.6. The maximum atomic E-state index is 11.7. The van der Waals surface area contributed by atoms with E-state index in [1.54, 1.807) is 6.92 Å². The minimum Gasteiger partial charge on any atom is -0.463 e. The molecule has 0 radical (unpaired) electrons. The van der Waals surface area contributed by atoms with Gasteiger partial charge in [0.1, 0.15) is 12.2 Å². The minimum atomic E-state index is -0.252. The molecule has 0 aromatic carbocycles. The Labute approximate surface area is 125 Å². The maximum Gasteiger partial charge on any atom is 0.333 e. The van der Waals surface area contributed by atoms with Crippen molar-refractivity contribution in [2.75, 3.05) is 0 Å². The van der Waals surface area contributed by atoms with Crippen LogP contribution < -0.4 is 0 Å². The van der Waals surface area contributed by atoms with Crippen LogP contribution in [0.1, 0.15) is 46.0 Å². The largest absolute Gasteiger partial charge is 0.463 e. The molecule has 0 aromatic rings. The molecule has 0 aliphatic heterocycles. The average Bonchev–Trinajstić information content (AvgIpc) is 2.96. The Kier molecular flexibility index (Phi) is 3.80. The Morgan fingerprint density at radius 3 is 2.38 bits per heavy atom. The van der Waals surface area contributed by atoms with Crippen molar-refractivity contribution in [2.45, 2.75) is 58.2 Å². The standard InChI is InChI=1S/C17H24O4/c1-9(2)17(19)21-16-7-11-6-15(16)13-5-4-12(8-14(11)13)20-10(3)18/h11-16H,1,4-8H2,2-3H3. The van der Waals surface area contributed by atoms with Crippen LogP contribution in [-0.2, 0) is 19.1 Å². The van der Waals surface area contributed by atoms with Crippen LogP contribution in [0.15, 0.2) is 12.2 Å². The van der Waals surface area contributed by atoms with Crippen LogP contribution in [0.25, 0.3) is 0 Å². The number of hydrogen-bond donors (Lipinski definition) is 0. The Balaban J connectivity index is 1.61. The third-order valence-electron chi connectivity index (χ3n) is 5.59. The third kappa shape index (κ3) is 2.72. The maximum absolute atomic E-state index is 11.7. The topological polar surface area (TPSA) is 52.6 Å². The van der Waals surface area contributed by atoms with E-state index in [9.17, 15) is 9.59 Å². The van der Waals surface area contributed by atoms with Gasteiger partial charge in [-0.25, -0.2) is 4.79 Å². The van der Waals surface area contributed by atoms with Crippen LogP contribution in [0.2, 0.25) is 0 Å². The predicted octanol–water partition coefficient (Wildman–Crippen LogP) is 2.86. The summed E-state index contributed by atoms with van der Waals surface area (Å²) in [5.74, 6) is 1.99. The lowest BCUT2D eigenvalue weighted by Crippen LogP contribution is -2.40. The normalized spacial score (nSPS) is 40.5. The second kappa shape index (κ2) is 5.47. The molecule has 0 spiro atoms. The SMILES string of the molecule is C=C(C)C(=O)OC1CC2CC1C1CCC(OC(C)=O)CC21. The summed E-state index contributed by atoms with van der Waals surface area (Å²) < 4.78 is 11.0. The van der Waals surface area contributed by atoms with E-state index in [-0.39, 0.29) is 24.1 Å². The van der Waals surface area contributed by atoms with Gasteiger partial charge in [0, 0.05) is 12.5 Å². The minimum absolute atomic E-state index is 0.0747. The molecule has 3 aliphatic rings. The Hall–Kier alpha value is -1.32. The average molecular weight is 292 g/mol.